The molecule has 62 heavy (non-hydrogen) atoms. The van der Waals surface area contributed by atoms with E-state index in [0.29, 0.717) is 0 Å². The fraction of sp³-hybridized carbons (Fsp3) is 0.0345. The van der Waals surface area contributed by atoms with Crippen LogP contribution in [0.3, 0.4) is 0 Å². The van der Waals surface area contributed by atoms with Gasteiger partial charge in [0.05, 0.1) is 0 Å². The first kappa shape index (κ1) is 35.8. The summed E-state index contributed by atoms with van der Waals surface area (Å²) in [5.41, 5.74) is 14.7. The van der Waals surface area contributed by atoms with Crippen LogP contribution in [-0.4, -0.2) is 0 Å². The number of para-hydroxylation sites is 2. The molecule has 12 rings (SSSR count). The standard InChI is InChI=1S/C58H40N2O2/c1-5-15-39(16-6-1)41-25-29-45(30-26-41)59(43-19-9-3-10-20-43)47-33-35-51-53(37-47)61-57-55(51)49-23-13-14-24-50(49)56-52-36-34-48(38-54(52)62-58(56)57)60(44-21-11-4-12-22-44)46-31-27-42(28-32-46)40-17-7-2-8-18-40/h1-27,29-31,33-38H,28,32H2. The fourth-order valence-corrected chi connectivity index (χ4v) is 9.44. The molecule has 0 amide bonds. The van der Waals surface area contributed by atoms with Crippen molar-refractivity contribution in [1.29, 1.82) is 0 Å². The molecule has 1 aliphatic rings. The van der Waals surface area contributed by atoms with Crippen LogP contribution in [0.25, 0.3) is 71.3 Å². The molecule has 0 saturated carbocycles. The van der Waals surface area contributed by atoms with E-state index < -0.39 is 0 Å². The van der Waals surface area contributed by atoms with Gasteiger partial charge >= 0.3 is 0 Å². The minimum Gasteiger partial charge on any atom is -0.452 e. The van der Waals surface area contributed by atoms with Gasteiger partial charge in [0, 0.05) is 67.8 Å². The second kappa shape index (κ2) is 14.9. The summed E-state index contributed by atoms with van der Waals surface area (Å²) in [6, 6.07) is 73.0. The zero-order valence-electron chi connectivity index (χ0n) is 33.9. The lowest BCUT2D eigenvalue weighted by molar-refractivity contribution is 0.633. The summed E-state index contributed by atoms with van der Waals surface area (Å²) >= 11 is 0. The molecule has 1 aliphatic carbocycles. The van der Waals surface area contributed by atoms with Crippen molar-refractivity contribution >= 4 is 88.7 Å². The molecule has 0 bridgehead atoms. The van der Waals surface area contributed by atoms with Gasteiger partial charge < -0.3 is 18.6 Å². The highest BCUT2D eigenvalue weighted by Crippen LogP contribution is 2.47. The third kappa shape index (κ3) is 6.07. The zero-order chi connectivity index (χ0) is 41.0. The van der Waals surface area contributed by atoms with Gasteiger partial charge in [0.1, 0.15) is 11.2 Å². The van der Waals surface area contributed by atoms with E-state index in [-0.39, 0.29) is 0 Å². The molecule has 9 aromatic carbocycles. The molecule has 294 valence electrons. The van der Waals surface area contributed by atoms with Crippen LogP contribution < -0.4 is 9.80 Å². The number of benzene rings is 9. The van der Waals surface area contributed by atoms with Gasteiger partial charge in [-0.25, -0.2) is 0 Å². The lowest BCUT2D eigenvalue weighted by atomic mass is 9.95. The SMILES string of the molecule is C1=C(c2ccccc2)CCC(N(c2ccccc2)c2ccc3c(c2)oc2c4oc5cc(N(c6ccccc6)c6ccc(-c7ccccc7)cc6)ccc5c4c4ccccc4c32)=C1. The van der Waals surface area contributed by atoms with E-state index in [1.165, 1.54) is 28.0 Å². The van der Waals surface area contributed by atoms with E-state index in [9.17, 15) is 0 Å². The minimum atomic E-state index is 0.760. The molecular formula is C58H40N2O2. The zero-order valence-corrected chi connectivity index (χ0v) is 33.9. The summed E-state index contributed by atoms with van der Waals surface area (Å²) in [6.45, 7) is 0. The van der Waals surface area contributed by atoms with Crippen LogP contribution in [0, 0.1) is 0 Å². The molecule has 0 fully saturated rings. The fourth-order valence-electron chi connectivity index (χ4n) is 9.44. The normalized spacial score (nSPS) is 12.9. The molecule has 4 nitrogen and oxygen atoms in total. The molecule has 0 spiro atoms. The molecule has 2 aromatic heterocycles. The van der Waals surface area contributed by atoms with Crippen LogP contribution in [0.4, 0.5) is 28.4 Å². The third-order valence-electron chi connectivity index (χ3n) is 12.4. The van der Waals surface area contributed by atoms with Crippen LogP contribution in [0.15, 0.2) is 233 Å². The Kier molecular flexibility index (Phi) is 8.60. The van der Waals surface area contributed by atoms with Gasteiger partial charge in [0.15, 0.2) is 11.2 Å². The Morgan fingerprint density at radius 1 is 0.323 bits per heavy atom. The third-order valence-corrected chi connectivity index (χ3v) is 12.4. The van der Waals surface area contributed by atoms with Crippen molar-refractivity contribution in [2.24, 2.45) is 0 Å². The van der Waals surface area contributed by atoms with Crippen molar-refractivity contribution in [2.75, 3.05) is 9.80 Å². The predicted molar refractivity (Wildman–Crippen MR) is 259 cm³/mol. The molecular weight excluding hydrogens is 757 g/mol. The number of hydrogen-bond acceptors (Lipinski definition) is 4. The molecule has 0 atom stereocenters. The molecule has 0 radical (unpaired) electrons. The Morgan fingerprint density at radius 2 is 0.758 bits per heavy atom. The van der Waals surface area contributed by atoms with Crippen LogP contribution in [-0.2, 0) is 0 Å². The van der Waals surface area contributed by atoms with E-state index in [4.69, 9.17) is 8.83 Å². The number of fused-ring (bicyclic) bond motifs is 10. The minimum absolute atomic E-state index is 0.760. The van der Waals surface area contributed by atoms with Crippen molar-refractivity contribution in [3.63, 3.8) is 0 Å². The van der Waals surface area contributed by atoms with Crippen LogP contribution in [0.5, 0.6) is 0 Å². The first-order chi connectivity index (χ1) is 30.7. The lowest BCUT2D eigenvalue weighted by Crippen LogP contribution is -2.17. The molecule has 0 N–H and O–H groups in total. The number of hydrogen-bond donors (Lipinski definition) is 0. The largest absolute Gasteiger partial charge is 0.452 e. The van der Waals surface area contributed by atoms with Gasteiger partial charge in [-0.05, 0) is 113 Å². The summed E-state index contributed by atoms with van der Waals surface area (Å²) in [5.74, 6) is 0. The second-order valence-electron chi connectivity index (χ2n) is 16.0. The maximum Gasteiger partial charge on any atom is 0.179 e. The predicted octanol–water partition coefficient (Wildman–Crippen LogP) is 16.7. The summed E-state index contributed by atoms with van der Waals surface area (Å²) in [6.07, 6.45) is 6.44. The van der Waals surface area contributed by atoms with Gasteiger partial charge in [-0.2, -0.15) is 0 Å². The smallest absolute Gasteiger partial charge is 0.179 e. The van der Waals surface area contributed by atoms with Crippen LogP contribution in [0.1, 0.15) is 18.4 Å². The van der Waals surface area contributed by atoms with Crippen molar-refractivity contribution < 1.29 is 8.83 Å². The van der Waals surface area contributed by atoms with E-state index in [0.717, 1.165) is 95.9 Å². The quantitative estimate of drug-likeness (QED) is 0.153. The Balaban J connectivity index is 1.00. The van der Waals surface area contributed by atoms with E-state index in [1.54, 1.807) is 0 Å². The van der Waals surface area contributed by atoms with E-state index in [1.807, 2.05) is 0 Å². The maximum atomic E-state index is 6.99. The molecule has 0 aliphatic heterocycles. The van der Waals surface area contributed by atoms with Gasteiger partial charge in [0.2, 0.25) is 0 Å². The van der Waals surface area contributed by atoms with Gasteiger partial charge in [-0.1, -0.05) is 140 Å². The highest BCUT2D eigenvalue weighted by Gasteiger charge is 2.24. The number of anilines is 5. The Hall–Kier alpha value is -8.08. The summed E-state index contributed by atoms with van der Waals surface area (Å²) in [7, 11) is 0. The molecule has 11 aromatic rings. The van der Waals surface area contributed by atoms with Crippen LogP contribution >= 0.6 is 0 Å². The van der Waals surface area contributed by atoms with Crippen molar-refractivity contribution in [1.82, 2.24) is 0 Å². The Labute approximate surface area is 359 Å². The Morgan fingerprint density at radius 3 is 1.29 bits per heavy atom. The molecule has 4 heteroatoms. The maximum absolute atomic E-state index is 6.99. The van der Waals surface area contributed by atoms with Crippen molar-refractivity contribution in [3.8, 4) is 11.1 Å². The Bertz CT molecular complexity index is 3490. The van der Waals surface area contributed by atoms with E-state index >= 15 is 0 Å². The van der Waals surface area contributed by atoms with Crippen LogP contribution in [0.2, 0.25) is 0 Å². The average Bonchev–Trinajstić information content (AvgIpc) is 3.93. The number of nitrogens with zero attached hydrogens (tertiary/aromatic N) is 2. The monoisotopic (exact) mass is 796 g/mol. The van der Waals surface area contributed by atoms with Crippen molar-refractivity contribution in [3.05, 3.63) is 230 Å². The van der Waals surface area contributed by atoms with Crippen molar-refractivity contribution in [2.45, 2.75) is 12.8 Å². The second-order valence-corrected chi connectivity index (χ2v) is 16.0. The topological polar surface area (TPSA) is 32.8 Å². The number of furan rings is 2. The lowest BCUT2D eigenvalue weighted by Gasteiger charge is -2.30. The van der Waals surface area contributed by atoms with Gasteiger partial charge in [0.25, 0.3) is 0 Å². The highest BCUT2D eigenvalue weighted by molar-refractivity contribution is 6.33. The highest BCUT2D eigenvalue weighted by atomic mass is 16.4. The van der Waals surface area contributed by atoms with Gasteiger partial charge in [-0.15, -0.1) is 0 Å². The molecule has 0 saturated heterocycles. The first-order valence-electron chi connectivity index (χ1n) is 21.3. The van der Waals surface area contributed by atoms with Gasteiger partial charge in [-0.3, -0.25) is 0 Å². The molecule has 0 unspecified atom stereocenters. The summed E-state index contributed by atoms with van der Waals surface area (Å²) in [5, 5.41) is 6.53. The molecule has 2 heterocycles. The first-order valence-corrected chi connectivity index (χ1v) is 21.3. The average molecular weight is 797 g/mol. The van der Waals surface area contributed by atoms with E-state index in [2.05, 4.69) is 228 Å². The number of allylic oxidation sites excluding steroid dienone is 4. The summed E-state index contributed by atoms with van der Waals surface area (Å²) < 4.78 is 14.0. The summed E-state index contributed by atoms with van der Waals surface area (Å²) in [4.78, 5) is 4.66. The number of rotatable bonds is 8.